The Morgan fingerprint density at radius 2 is 2.31 bits per heavy atom. The molecule has 2 rings (SSSR count). The van der Waals surface area contributed by atoms with Gasteiger partial charge in [-0.25, -0.2) is 4.99 Å². The molecule has 1 atom stereocenters. The van der Waals surface area contributed by atoms with Crippen molar-refractivity contribution in [2.45, 2.75) is 19.3 Å². The lowest BCUT2D eigenvalue weighted by atomic mass is 9.93. The highest BCUT2D eigenvalue weighted by molar-refractivity contribution is 5.96. The van der Waals surface area contributed by atoms with Gasteiger partial charge in [-0.15, -0.1) is 0 Å². The van der Waals surface area contributed by atoms with Crippen LogP contribution in [0.5, 0.6) is 0 Å². The van der Waals surface area contributed by atoms with Crippen LogP contribution in [0.15, 0.2) is 29.3 Å². The molecule has 1 aromatic rings. The molecular weight excluding hydrogens is 202 g/mol. The third-order valence-electron chi connectivity index (χ3n) is 2.76. The molecule has 0 spiro atoms. The van der Waals surface area contributed by atoms with E-state index >= 15 is 0 Å². The summed E-state index contributed by atoms with van der Waals surface area (Å²) in [6.45, 7) is 3.43. The number of rotatable bonds is 4. The lowest BCUT2D eigenvalue weighted by molar-refractivity contribution is -0.108. The second kappa shape index (κ2) is 4.92. The van der Waals surface area contributed by atoms with Crippen LogP contribution >= 0.6 is 0 Å². The summed E-state index contributed by atoms with van der Waals surface area (Å²) >= 11 is 0. The van der Waals surface area contributed by atoms with Crippen molar-refractivity contribution >= 4 is 12.2 Å². The van der Waals surface area contributed by atoms with E-state index in [1.165, 1.54) is 0 Å². The number of aliphatic imine (C=N–C) groups is 1. The molecular formula is C13H15NO2. The van der Waals surface area contributed by atoms with E-state index in [0.29, 0.717) is 18.9 Å². The van der Waals surface area contributed by atoms with Gasteiger partial charge in [0.1, 0.15) is 12.9 Å². The molecule has 1 heterocycles. The third kappa shape index (κ3) is 2.13. The number of carbonyl (C=O) groups excluding carboxylic acids is 1. The minimum absolute atomic E-state index is 0.209. The molecule has 1 aromatic carbocycles. The number of hydrogen-bond acceptors (Lipinski definition) is 3. The van der Waals surface area contributed by atoms with Crippen LogP contribution in [0.2, 0.25) is 0 Å². The lowest BCUT2D eigenvalue weighted by Crippen LogP contribution is -2.07. The van der Waals surface area contributed by atoms with Gasteiger partial charge in [0.2, 0.25) is 5.90 Å². The predicted molar refractivity (Wildman–Crippen MR) is 62.9 cm³/mol. The summed E-state index contributed by atoms with van der Waals surface area (Å²) in [6.07, 6.45) is 1.49. The van der Waals surface area contributed by atoms with Crippen LogP contribution in [0.25, 0.3) is 0 Å². The molecule has 1 aliphatic rings. The van der Waals surface area contributed by atoms with E-state index in [-0.39, 0.29) is 5.92 Å². The van der Waals surface area contributed by atoms with E-state index in [9.17, 15) is 4.79 Å². The van der Waals surface area contributed by atoms with Crippen molar-refractivity contribution in [1.82, 2.24) is 0 Å². The van der Waals surface area contributed by atoms with Crippen molar-refractivity contribution in [3.63, 3.8) is 0 Å². The van der Waals surface area contributed by atoms with E-state index in [0.717, 1.165) is 24.0 Å². The van der Waals surface area contributed by atoms with Crippen LogP contribution in [0.4, 0.5) is 0 Å². The van der Waals surface area contributed by atoms with Crippen molar-refractivity contribution in [1.29, 1.82) is 0 Å². The summed E-state index contributed by atoms with van der Waals surface area (Å²) in [5.41, 5.74) is 2.16. The highest BCUT2D eigenvalue weighted by Gasteiger charge is 2.17. The molecule has 84 valence electrons. The Hall–Kier alpha value is -1.64. The SMILES string of the molecule is CC(CC=O)c1ccccc1C1=NCCO1. The maximum Gasteiger partial charge on any atom is 0.216 e. The molecule has 3 heteroatoms. The van der Waals surface area contributed by atoms with Crippen LogP contribution < -0.4 is 0 Å². The number of nitrogens with zero attached hydrogens (tertiary/aromatic N) is 1. The average molecular weight is 217 g/mol. The van der Waals surface area contributed by atoms with Crippen LogP contribution in [0.3, 0.4) is 0 Å². The zero-order valence-electron chi connectivity index (χ0n) is 9.35. The monoisotopic (exact) mass is 217 g/mol. The highest BCUT2D eigenvalue weighted by atomic mass is 16.5. The molecule has 0 N–H and O–H groups in total. The van der Waals surface area contributed by atoms with Gasteiger partial charge in [-0.2, -0.15) is 0 Å². The first-order valence-corrected chi connectivity index (χ1v) is 5.53. The summed E-state index contributed by atoms with van der Waals surface area (Å²) in [6, 6.07) is 7.99. The van der Waals surface area contributed by atoms with Crippen molar-refractivity contribution < 1.29 is 9.53 Å². The molecule has 0 saturated heterocycles. The number of aldehydes is 1. The summed E-state index contributed by atoms with van der Waals surface area (Å²) < 4.78 is 5.47. The van der Waals surface area contributed by atoms with Gasteiger partial charge in [0.05, 0.1) is 6.54 Å². The van der Waals surface area contributed by atoms with Gasteiger partial charge < -0.3 is 9.53 Å². The van der Waals surface area contributed by atoms with Crippen LogP contribution in [0, 0.1) is 0 Å². The zero-order valence-corrected chi connectivity index (χ0v) is 9.35. The maximum atomic E-state index is 10.6. The fourth-order valence-electron chi connectivity index (χ4n) is 1.89. The van der Waals surface area contributed by atoms with Crippen molar-refractivity contribution in [3.8, 4) is 0 Å². The van der Waals surface area contributed by atoms with E-state index in [1.807, 2.05) is 31.2 Å². The van der Waals surface area contributed by atoms with E-state index in [1.54, 1.807) is 0 Å². The normalized spacial score (nSPS) is 16.4. The van der Waals surface area contributed by atoms with Crippen molar-refractivity contribution in [3.05, 3.63) is 35.4 Å². The summed E-state index contributed by atoms with van der Waals surface area (Å²) in [7, 11) is 0. The number of hydrogen-bond donors (Lipinski definition) is 0. The van der Waals surface area contributed by atoms with Gasteiger partial charge in [0, 0.05) is 12.0 Å². The average Bonchev–Trinajstić information content (AvgIpc) is 2.83. The minimum atomic E-state index is 0.209. The molecule has 0 radical (unpaired) electrons. The van der Waals surface area contributed by atoms with Gasteiger partial charge in [-0.3, -0.25) is 0 Å². The minimum Gasteiger partial charge on any atom is -0.476 e. The Morgan fingerprint density at radius 3 is 3.00 bits per heavy atom. The molecule has 0 bridgehead atoms. The number of carbonyl (C=O) groups is 1. The van der Waals surface area contributed by atoms with Crippen LogP contribution in [-0.4, -0.2) is 25.3 Å². The molecule has 0 fully saturated rings. The second-order valence-corrected chi connectivity index (χ2v) is 3.93. The first-order chi connectivity index (χ1) is 7.83. The number of ether oxygens (including phenoxy) is 1. The molecule has 1 aliphatic heterocycles. The smallest absolute Gasteiger partial charge is 0.216 e. The van der Waals surface area contributed by atoms with E-state index in [4.69, 9.17) is 4.74 Å². The first-order valence-electron chi connectivity index (χ1n) is 5.53. The van der Waals surface area contributed by atoms with Crippen LogP contribution in [0.1, 0.15) is 30.4 Å². The second-order valence-electron chi connectivity index (χ2n) is 3.93. The molecule has 1 unspecified atom stereocenters. The Kier molecular flexibility index (Phi) is 3.34. The lowest BCUT2D eigenvalue weighted by Gasteiger charge is -2.13. The van der Waals surface area contributed by atoms with Gasteiger partial charge in [0.15, 0.2) is 0 Å². The Balaban J connectivity index is 2.33. The van der Waals surface area contributed by atoms with E-state index < -0.39 is 0 Å². The molecule has 0 saturated carbocycles. The first kappa shape index (κ1) is 10.9. The fraction of sp³-hybridized carbons (Fsp3) is 0.385. The largest absolute Gasteiger partial charge is 0.476 e. The molecule has 0 aromatic heterocycles. The molecule has 0 aliphatic carbocycles. The standard InChI is InChI=1S/C13H15NO2/c1-10(6-8-15)11-4-2-3-5-12(11)13-14-7-9-16-13/h2-5,8,10H,6-7,9H2,1H3. The topological polar surface area (TPSA) is 38.7 Å². The quantitative estimate of drug-likeness (QED) is 0.725. The maximum absolute atomic E-state index is 10.6. The number of benzene rings is 1. The van der Waals surface area contributed by atoms with Crippen molar-refractivity contribution in [2.75, 3.05) is 13.2 Å². The molecule has 16 heavy (non-hydrogen) atoms. The summed E-state index contributed by atoms with van der Waals surface area (Å²) in [5.74, 6) is 0.925. The Labute approximate surface area is 95.2 Å². The Bertz CT molecular complexity index is 412. The van der Waals surface area contributed by atoms with Crippen molar-refractivity contribution in [2.24, 2.45) is 4.99 Å². The predicted octanol–water partition coefficient (Wildman–Crippen LogP) is 2.16. The van der Waals surface area contributed by atoms with Gasteiger partial charge >= 0.3 is 0 Å². The van der Waals surface area contributed by atoms with Gasteiger partial charge in [0.25, 0.3) is 0 Å². The fourth-order valence-corrected chi connectivity index (χ4v) is 1.89. The molecule has 0 amide bonds. The summed E-state index contributed by atoms with van der Waals surface area (Å²) in [5, 5.41) is 0. The molecule has 3 nitrogen and oxygen atoms in total. The zero-order chi connectivity index (χ0) is 11.4. The highest BCUT2D eigenvalue weighted by Crippen LogP contribution is 2.23. The third-order valence-corrected chi connectivity index (χ3v) is 2.76. The van der Waals surface area contributed by atoms with Gasteiger partial charge in [-0.05, 0) is 17.5 Å². The Morgan fingerprint density at radius 1 is 1.50 bits per heavy atom. The van der Waals surface area contributed by atoms with E-state index in [2.05, 4.69) is 4.99 Å². The van der Waals surface area contributed by atoms with Gasteiger partial charge in [-0.1, -0.05) is 25.1 Å². The van der Waals surface area contributed by atoms with Crippen LogP contribution in [-0.2, 0) is 9.53 Å². The summed E-state index contributed by atoms with van der Waals surface area (Å²) in [4.78, 5) is 14.9.